The standard InChI is InChI=1S/C10H12FNO4/c1-15-10(16-2)7-4-3-6(5-8(7)11)9(13)12-14/h3-5,10,14H,1-2H3,(H,12,13). The Kier molecular flexibility index (Phi) is 4.36. The van der Waals surface area contributed by atoms with E-state index in [2.05, 4.69) is 0 Å². The fourth-order valence-corrected chi connectivity index (χ4v) is 1.27. The molecule has 0 spiro atoms. The first-order valence-electron chi connectivity index (χ1n) is 4.43. The van der Waals surface area contributed by atoms with Gasteiger partial charge in [-0.2, -0.15) is 0 Å². The van der Waals surface area contributed by atoms with E-state index in [-0.39, 0.29) is 11.1 Å². The van der Waals surface area contributed by atoms with E-state index >= 15 is 0 Å². The fraction of sp³-hybridized carbons (Fsp3) is 0.300. The van der Waals surface area contributed by atoms with E-state index < -0.39 is 18.0 Å². The lowest BCUT2D eigenvalue weighted by molar-refractivity contribution is -0.107. The van der Waals surface area contributed by atoms with Crippen molar-refractivity contribution in [3.63, 3.8) is 0 Å². The number of methoxy groups -OCH3 is 2. The van der Waals surface area contributed by atoms with Gasteiger partial charge in [0.05, 0.1) is 0 Å². The van der Waals surface area contributed by atoms with Crippen molar-refractivity contribution >= 4 is 5.91 Å². The Morgan fingerprint density at radius 2 is 2.06 bits per heavy atom. The van der Waals surface area contributed by atoms with Crippen molar-refractivity contribution in [2.45, 2.75) is 6.29 Å². The number of halogens is 1. The Bertz CT molecular complexity index is 379. The van der Waals surface area contributed by atoms with E-state index in [1.807, 2.05) is 0 Å². The molecule has 0 unspecified atom stereocenters. The highest BCUT2D eigenvalue weighted by atomic mass is 19.1. The molecular weight excluding hydrogens is 217 g/mol. The highest BCUT2D eigenvalue weighted by molar-refractivity contribution is 5.93. The molecule has 1 amide bonds. The molecule has 0 aliphatic carbocycles. The van der Waals surface area contributed by atoms with Crippen LogP contribution < -0.4 is 5.48 Å². The highest BCUT2D eigenvalue weighted by Gasteiger charge is 2.16. The Balaban J connectivity index is 3.04. The molecule has 2 N–H and O–H groups in total. The van der Waals surface area contributed by atoms with Gasteiger partial charge in [-0.1, -0.05) is 6.07 Å². The lowest BCUT2D eigenvalue weighted by atomic mass is 10.1. The molecule has 0 aliphatic heterocycles. The van der Waals surface area contributed by atoms with Gasteiger partial charge < -0.3 is 9.47 Å². The first-order chi connectivity index (χ1) is 7.63. The maximum Gasteiger partial charge on any atom is 0.274 e. The van der Waals surface area contributed by atoms with Gasteiger partial charge in [0.1, 0.15) is 5.82 Å². The summed E-state index contributed by atoms with van der Waals surface area (Å²) in [5.41, 5.74) is 1.61. The third kappa shape index (κ3) is 2.54. The van der Waals surface area contributed by atoms with Gasteiger partial charge in [-0.25, -0.2) is 9.87 Å². The minimum atomic E-state index is -0.828. The summed E-state index contributed by atoms with van der Waals surface area (Å²) in [4.78, 5) is 11.0. The summed E-state index contributed by atoms with van der Waals surface area (Å²) >= 11 is 0. The summed E-state index contributed by atoms with van der Waals surface area (Å²) in [5, 5.41) is 8.38. The van der Waals surface area contributed by atoms with Crippen LogP contribution in [-0.4, -0.2) is 25.3 Å². The number of amides is 1. The Labute approximate surface area is 91.7 Å². The summed E-state index contributed by atoms with van der Waals surface area (Å²) < 4.78 is 23.3. The Morgan fingerprint density at radius 3 is 2.50 bits per heavy atom. The summed E-state index contributed by atoms with van der Waals surface area (Å²) in [5.74, 6) is -1.42. The van der Waals surface area contributed by atoms with E-state index in [1.54, 1.807) is 0 Å². The molecule has 1 aromatic rings. The van der Waals surface area contributed by atoms with E-state index in [0.717, 1.165) is 6.07 Å². The first-order valence-corrected chi connectivity index (χ1v) is 4.43. The van der Waals surface area contributed by atoms with Gasteiger partial charge in [0.15, 0.2) is 6.29 Å². The molecule has 0 saturated heterocycles. The first kappa shape index (κ1) is 12.6. The normalized spacial score (nSPS) is 10.6. The van der Waals surface area contributed by atoms with Gasteiger partial charge >= 0.3 is 0 Å². The lowest BCUT2D eigenvalue weighted by Gasteiger charge is -2.14. The Hall–Kier alpha value is -1.50. The van der Waals surface area contributed by atoms with E-state index in [0.29, 0.717) is 0 Å². The zero-order valence-corrected chi connectivity index (χ0v) is 8.86. The number of hydroxylamine groups is 1. The smallest absolute Gasteiger partial charge is 0.274 e. The number of hydrogen-bond donors (Lipinski definition) is 2. The summed E-state index contributed by atoms with van der Waals surface area (Å²) in [7, 11) is 2.75. The Morgan fingerprint density at radius 1 is 1.44 bits per heavy atom. The van der Waals surface area contributed by atoms with Crippen molar-refractivity contribution in [1.29, 1.82) is 0 Å². The van der Waals surface area contributed by atoms with Gasteiger partial charge in [0, 0.05) is 25.3 Å². The van der Waals surface area contributed by atoms with Crippen molar-refractivity contribution in [2.75, 3.05) is 14.2 Å². The number of ether oxygens (including phenoxy) is 2. The zero-order chi connectivity index (χ0) is 12.1. The zero-order valence-electron chi connectivity index (χ0n) is 8.86. The van der Waals surface area contributed by atoms with Crippen molar-refractivity contribution in [3.8, 4) is 0 Å². The van der Waals surface area contributed by atoms with Crippen LogP contribution >= 0.6 is 0 Å². The van der Waals surface area contributed by atoms with Crippen molar-refractivity contribution < 1.29 is 23.9 Å². The van der Waals surface area contributed by atoms with Crippen LogP contribution in [0.25, 0.3) is 0 Å². The van der Waals surface area contributed by atoms with Crippen LogP contribution in [0.5, 0.6) is 0 Å². The van der Waals surface area contributed by atoms with Crippen LogP contribution in [0.2, 0.25) is 0 Å². The largest absolute Gasteiger partial charge is 0.352 e. The van der Waals surface area contributed by atoms with Crippen molar-refractivity contribution in [1.82, 2.24) is 5.48 Å². The molecule has 6 heteroatoms. The molecule has 1 aromatic carbocycles. The van der Waals surface area contributed by atoms with Gasteiger partial charge in [0.2, 0.25) is 0 Å². The maximum atomic E-state index is 13.5. The highest BCUT2D eigenvalue weighted by Crippen LogP contribution is 2.21. The topological polar surface area (TPSA) is 67.8 Å². The van der Waals surface area contributed by atoms with Gasteiger partial charge in [-0.05, 0) is 12.1 Å². The van der Waals surface area contributed by atoms with E-state index in [1.165, 1.54) is 31.8 Å². The van der Waals surface area contributed by atoms with Crippen LogP contribution in [0.4, 0.5) is 4.39 Å². The minimum absolute atomic E-state index is 0.00899. The number of carbonyl (C=O) groups is 1. The van der Waals surface area contributed by atoms with Gasteiger partial charge in [-0.15, -0.1) is 0 Å². The second kappa shape index (κ2) is 5.55. The third-order valence-electron chi connectivity index (χ3n) is 2.05. The number of benzene rings is 1. The van der Waals surface area contributed by atoms with Crippen molar-refractivity contribution in [3.05, 3.63) is 35.1 Å². The average Bonchev–Trinajstić information content (AvgIpc) is 2.31. The molecule has 16 heavy (non-hydrogen) atoms. The molecule has 0 bridgehead atoms. The predicted octanol–water partition coefficient (Wildman–Crippen LogP) is 1.24. The van der Waals surface area contributed by atoms with Crippen LogP contribution in [0, 0.1) is 5.82 Å². The quantitative estimate of drug-likeness (QED) is 0.463. The summed E-state index contributed by atoms with van der Waals surface area (Å²) in [6.45, 7) is 0. The molecule has 0 fully saturated rings. The maximum absolute atomic E-state index is 13.5. The summed E-state index contributed by atoms with van der Waals surface area (Å²) in [6, 6.07) is 3.71. The summed E-state index contributed by atoms with van der Waals surface area (Å²) in [6.07, 6.45) is -0.828. The fourth-order valence-electron chi connectivity index (χ4n) is 1.27. The molecule has 0 aromatic heterocycles. The molecule has 0 saturated carbocycles. The number of hydrogen-bond acceptors (Lipinski definition) is 4. The molecule has 0 heterocycles. The predicted molar refractivity (Wildman–Crippen MR) is 52.4 cm³/mol. The van der Waals surface area contributed by atoms with Crippen LogP contribution in [0.3, 0.4) is 0 Å². The number of rotatable bonds is 4. The molecular formula is C10H12FNO4. The molecule has 0 aliphatic rings. The van der Waals surface area contributed by atoms with E-state index in [4.69, 9.17) is 14.7 Å². The molecule has 0 radical (unpaired) electrons. The van der Waals surface area contributed by atoms with E-state index in [9.17, 15) is 9.18 Å². The molecule has 5 nitrogen and oxygen atoms in total. The lowest BCUT2D eigenvalue weighted by Crippen LogP contribution is -2.19. The monoisotopic (exact) mass is 229 g/mol. The number of carbonyl (C=O) groups excluding carboxylic acids is 1. The second-order valence-electron chi connectivity index (χ2n) is 2.98. The van der Waals surface area contributed by atoms with Gasteiger partial charge in [0.25, 0.3) is 5.91 Å². The average molecular weight is 229 g/mol. The van der Waals surface area contributed by atoms with Crippen LogP contribution in [0.1, 0.15) is 22.2 Å². The van der Waals surface area contributed by atoms with Crippen LogP contribution in [0.15, 0.2) is 18.2 Å². The molecule has 1 rings (SSSR count). The van der Waals surface area contributed by atoms with Crippen LogP contribution in [-0.2, 0) is 9.47 Å². The second-order valence-corrected chi connectivity index (χ2v) is 2.98. The molecule has 88 valence electrons. The van der Waals surface area contributed by atoms with Gasteiger partial charge in [-0.3, -0.25) is 10.0 Å². The minimum Gasteiger partial charge on any atom is -0.352 e. The van der Waals surface area contributed by atoms with Crippen molar-refractivity contribution in [2.24, 2.45) is 0 Å². The SMILES string of the molecule is COC(OC)c1ccc(C(=O)NO)cc1F. The molecule has 0 atom stereocenters. The number of nitrogens with one attached hydrogen (secondary N) is 1. The third-order valence-corrected chi connectivity index (χ3v) is 2.05.